The van der Waals surface area contributed by atoms with Crippen LogP contribution in [0.3, 0.4) is 0 Å². The molecule has 5 nitrogen and oxygen atoms in total. The highest BCUT2D eigenvalue weighted by molar-refractivity contribution is 7.99. The molecular weight excluding hydrogens is 423 g/mol. The summed E-state index contributed by atoms with van der Waals surface area (Å²) in [6.07, 6.45) is 2.44. The fraction of sp³-hybridized carbons (Fsp3) is 0.409. The molecular formula is C22H25FN2O3S2. The molecule has 2 heterocycles. The molecule has 30 heavy (non-hydrogen) atoms. The largest absolute Gasteiger partial charge is 0.345 e. The first-order valence-corrected chi connectivity index (χ1v) is 12.6. The predicted molar refractivity (Wildman–Crippen MR) is 116 cm³/mol. The van der Waals surface area contributed by atoms with Crippen LogP contribution in [0.2, 0.25) is 0 Å². The summed E-state index contributed by atoms with van der Waals surface area (Å²) in [6, 6.07) is 10.5. The van der Waals surface area contributed by atoms with Crippen LogP contribution in [0.25, 0.3) is 0 Å². The number of amides is 1. The fourth-order valence-corrected chi connectivity index (χ4v) is 6.48. The first kappa shape index (κ1) is 21.3. The van der Waals surface area contributed by atoms with E-state index in [0.29, 0.717) is 31.0 Å². The van der Waals surface area contributed by atoms with Crippen molar-refractivity contribution in [1.82, 2.24) is 9.62 Å². The van der Waals surface area contributed by atoms with Crippen molar-refractivity contribution in [2.24, 2.45) is 5.92 Å². The number of halogens is 1. The van der Waals surface area contributed by atoms with Crippen LogP contribution in [-0.4, -0.2) is 37.5 Å². The number of sulfonamides is 1. The number of nitrogens with one attached hydrogen (secondary N) is 1. The van der Waals surface area contributed by atoms with Gasteiger partial charge in [0.05, 0.1) is 10.9 Å². The molecule has 1 atom stereocenters. The van der Waals surface area contributed by atoms with E-state index in [0.717, 1.165) is 29.1 Å². The van der Waals surface area contributed by atoms with Gasteiger partial charge in [-0.2, -0.15) is 4.31 Å². The molecule has 1 fully saturated rings. The summed E-state index contributed by atoms with van der Waals surface area (Å²) in [5.41, 5.74) is 1.18. The van der Waals surface area contributed by atoms with Crippen molar-refractivity contribution < 1.29 is 17.6 Å². The second kappa shape index (κ2) is 8.69. The van der Waals surface area contributed by atoms with E-state index in [2.05, 4.69) is 12.2 Å². The maximum atomic E-state index is 13.7. The van der Waals surface area contributed by atoms with Crippen LogP contribution < -0.4 is 5.32 Å². The van der Waals surface area contributed by atoms with Crippen LogP contribution >= 0.6 is 11.8 Å². The Kier molecular flexibility index (Phi) is 6.18. The molecule has 0 aromatic heterocycles. The third-order valence-corrected chi connectivity index (χ3v) is 8.85. The number of nitrogens with zero attached hydrogens (tertiary/aromatic N) is 1. The van der Waals surface area contributed by atoms with E-state index >= 15 is 0 Å². The van der Waals surface area contributed by atoms with Crippen molar-refractivity contribution in [1.29, 1.82) is 0 Å². The van der Waals surface area contributed by atoms with E-state index in [-0.39, 0.29) is 22.7 Å². The zero-order valence-corrected chi connectivity index (χ0v) is 18.4. The number of benzene rings is 2. The van der Waals surface area contributed by atoms with Crippen molar-refractivity contribution in [3.05, 3.63) is 59.4 Å². The van der Waals surface area contributed by atoms with Gasteiger partial charge in [-0.25, -0.2) is 12.8 Å². The van der Waals surface area contributed by atoms with Gasteiger partial charge in [-0.1, -0.05) is 6.92 Å². The van der Waals surface area contributed by atoms with Gasteiger partial charge in [0, 0.05) is 29.3 Å². The lowest BCUT2D eigenvalue weighted by molar-refractivity contribution is 0.0934. The monoisotopic (exact) mass is 448 g/mol. The average molecular weight is 449 g/mol. The van der Waals surface area contributed by atoms with Crippen molar-refractivity contribution in [2.45, 2.75) is 42.0 Å². The Morgan fingerprint density at radius 1 is 1.10 bits per heavy atom. The highest BCUT2D eigenvalue weighted by Gasteiger charge is 2.28. The van der Waals surface area contributed by atoms with E-state index in [1.807, 2.05) is 0 Å². The minimum atomic E-state index is -3.54. The standard InChI is InChI=1S/C22H25FN2O3S2/c1-15-8-11-25(12-9-15)30(27,28)18-5-2-16(3-6-18)22(26)24-20-10-13-29-21-7-4-17(23)14-19(20)21/h2-7,14-15,20H,8-13H2,1H3,(H,24,26)/t20-/m0/s1. The lowest BCUT2D eigenvalue weighted by Gasteiger charge is -2.29. The average Bonchev–Trinajstić information content (AvgIpc) is 2.74. The van der Waals surface area contributed by atoms with Crippen molar-refractivity contribution >= 4 is 27.7 Å². The predicted octanol–water partition coefficient (Wildman–Crippen LogP) is 4.21. The molecule has 0 unspecified atom stereocenters. The maximum Gasteiger partial charge on any atom is 0.251 e. The molecule has 1 N–H and O–H groups in total. The highest BCUT2D eigenvalue weighted by Crippen LogP contribution is 2.36. The molecule has 2 aliphatic heterocycles. The summed E-state index contributed by atoms with van der Waals surface area (Å²) in [7, 11) is -3.54. The van der Waals surface area contributed by atoms with Crippen LogP contribution in [0.4, 0.5) is 4.39 Å². The molecule has 2 aliphatic rings. The van der Waals surface area contributed by atoms with Crippen LogP contribution in [0.15, 0.2) is 52.3 Å². The maximum absolute atomic E-state index is 13.7. The number of hydrogen-bond acceptors (Lipinski definition) is 4. The Morgan fingerprint density at radius 3 is 2.50 bits per heavy atom. The molecule has 160 valence electrons. The van der Waals surface area contributed by atoms with Crippen LogP contribution in [0.5, 0.6) is 0 Å². The van der Waals surface area contributed by atoms with Gasteiger partial charge in [0.15, 0.2) is 0 Å². The summed E-state index contributed by atoms with van der Waals surface area (Å²) < 4.78 is 40.9. The van der Waals surface area contributed by atoms with Crippen LogP contribution in [0.1, 0.15) is 48.1 Å². The summed E-state index contributed by atoms with van der Waals surface area (Å²) in [5.74, 6) is 0.768. The lowest BCUT2D eigenvalue weighted by Crippen LogP contribution is -2.37. The number of carbonyl (C=O) groups excluding carboxylic acids is 1. The molecule has 8 heteroatoms. The lowest BCUT2D eigenvalue weighted by atomic mass is 10.0. The van der Waals surface area contributed by atoms with Gasteiger partial charge in [0.25, 0.3) is 5.91 Å². The van der Waals surface area contributed by atoms with E-state index in [4.69, 9.17) is 0 Å². The Balaban J connectivity index is 1.47. The van der Waals surface area contributed by atoms with E-state index in [1.165, 1.54) is 28.6 Å². The molecule has 4 rings (SSSR count). The van der Waals surface area contributed by atoms with Gasteiger partial charge >= 0.3 is 0 Å². The smallest absolute Gasteiger partial charge is 0.251 e. The Hall–Kier alpha value is -1.90. The second-order valence-corrected chi connectivity index (χ2v) is 11.0. The van der Waals surface area contributed by atoms with Gasteiger partial charge < -0.3 is 5.32 Å². The van der Waals surface area contributed by atoms with Gasteiger partial charge in [0.2, 0.25) is 10.0 Å². The molecule has 0 bridgehead atoms. The molecule has 1 amide bonds. The molecule has 0 radical (unpaired) electrons. The molecule has 0 spiro atoms. The summed E-state index contributed by atoms with van der Waals surface area (Å²) in [4.78, 5) is 13.9. The minimum Gasteiger partial charge on any atom is -0.345 e. The Morgan fingerprint density at radius 2 is 1.80 bits per heavy atom. The van der Waals surface area contributed by atoms with Gasteiger partial charge in [-0.05, 0) is 73.2 Å². The van der Waals surface area contributed by atoms with Gasteiger partial charge in [0.1, 0.15) is 5.82 Å². The molecule has 1 saturated heterocycles. The van der Waals surface area contributed by atoms with Crippen molar-refractivity contribution in [3.8, 4) is 0 Å². The number of hydrogen-bond donors (Lipinski definition) is 1. The number of carbonyl (C=O) groups is 1. The molecule has 2 aromatic carbocycles. The highest BCUT2D eigenvalue weighted by atomic mass is 32.2. The number of rotatable bonds is 4. The fourth-order valence-electron chi connectivity index (χ4n) is 3.91. The molecule has 2 aromatic rings. The quantitative estimate of drug-likeness (QED) is 0.761. The Labute approximate surface area is 181 Å². The van der Waals surface area contributed by atoms with E-state index in [9.17, 15) is 17.6 Å². The van der Waals surface area contributed by atoms with Crippen LogP contribution in [0, 0.1) is 11.7 Å². The Bertz CT molecular complexity index is 1030. The first-order valence-electron chi connectivity index (χ1n) is 10.2. The first-order chi connectivity index (χ1) is 14.3. The third kappa shape index (κ3) is 4.40. The summed E-state index contributed by atoms with van der Waals surface area (Å²) >= 11 is 1.65. The third-order valence-electron chi connectivity index (χ3n) is 5.81. The van der Waals surface area contributed by atoms with Crippen LogP contribution in [-0.2, 0) is 10.0 Å². The number of fused-ring (bicyclic) bond motifs is 1. The zero-order valence-electron chi connectivity index (χ0n) is 16.8. The van der Waals surface area contributed by atoms with E-state index < -0.39 is 10.0 Å². The SMILES string of the molecule is CC1CCN(S(=O)(=O)c2ccc(C(=O)N[C@H]3CCSc4ccc(F)cc43)cc2)CC1. The topological polar surface area (TPSA) is 66.5 Å². The number of piperidine rings is 1. The van der Waals surface area contributed by atoms with Gasteiger partial charge in [-0.15, -0.1) is 11.8 Å². The summed E-state index contributed by atoms with van der Waals surface area (Å²) in [6.45, 7) is 3.19. The number of thioether (sulfide) groups is 1. The van der Waals surface area contributed by atoms with E-state index in [1.54, 1.807) is 30.0 Å². The van der Waals surface area contributed by atoms with Crippen molar-refractivity contribution in [3.63, 3.8) is 0 Å². The zero-order chi connectivity index (χ0) is 21.3. The molecule has 0 saturated carbocycles. The normalized spacial score (nSPS) is 20.5. The molecule has 0 aliphatic carbocycles. The van der Waals surface area contributed by atoms with Gasteiger partial charge in [-0.3, -0.25) is 4.79 Å². The summed E-state index contributed by atoms with van der Waals surface area (Å²) in [5, 5.41) is 2.97. The second-order valence-electron chi connectivity index (χ2n) is 7.96. The minimum absolute atomic E-state index is 0.204. The van der Waals surface area contributed by atoms with Crippen molar-refractivity contribution in [2.75, 3.05) is 18.8 Å².